The Labute approximate surface area is 201 Å². The van der Waals surface area contributed by atoms with Gasteiger partial charge in [0.05, 0.1) is 29.1 Å². The number of hydrogen-bond acceptors (Lipinski definition) is 3. The molecule has 35 heavy (non-hydrogen) atoms. The second kappa shape index (κ2) is 7.81. The molecule has 0 radical (unpaired) electrons. The molecule has 7 rings (SSSR count). The van der Waals surface area contributed by atoms with Crippen LogP contribution in [0, 0.1) is 0 Å². The van der Waals surface area contributed by atoms with Gasteiger partial charge in [-0.05, 0) is 84.5 Å². The molecule has 2 aliphatic heterocycles. The van der Waals surface area contributed by atoms with Crippen molar-refractivity contribution in [3.8, 4) is 16.8 Å². The lowest BCUT2D eigenvalue weighted by atomic mass is 10.1. The van der Waals surface area contributed by atoms with E-state index in [4.69, 9.17) is 9.97 Å². The Kier molecular flexibility index (Phi) is 4.35. The van der Waals surface area contributed by atoms with Gasteiger partial charge in [0.1, 0.15) is 0 Å². The maximum absolute atomic E-state index is 4.81. The van der Waals surface area contributed by atoms with Crippen LogP contribution in [0.25, 0.3) is 63.2 Å². The molecule has 2 aliphatic rings. The van der Waals surface area contributed by atoms with Crippen LogP contribution in [0.2, 0.25) is 0 Å². The molecule has 6 heteroatoms. The van der Waals surface area contributed by atoms with E-state index in [2.05, 4.69) is 69.5 Å². The van der Waals surface area contributed by atoms with Crippen LogP contribution in [0.4, 0.5) is 0 Å². The molecule has 0 amide bonds. The maximum Gasteiger partial charge on any atom is 0.0991 e. The first-order valence-corrected chi connectivity index (χ1v) is 11.4. The molecule has 0 saturated heterocycles. The summed E-state index contributed by atoms with van der Waals surface area (Å²) in [5.41, 5.74) is 10.9. The molecule has 6 heterocycles. The number of aromatic amines is 2. The summed E-state index contributed by atoms with van der Waals surface area (Å²) in [6.07, 6.45) is 13.7. The highest BCUT2D eigenvalue weighted by molar-refractivity contribution is 5.88. The van der Waals surface area contributed by atoms with Crippen LogP contribution in [0.15, 0.2) is 85.5 Å². The van der Waals surface area contributed by atoms with Gasteiger partial charge in [-0.1, -0.05) is 12.1 Å². The van der Waals surface area contributed by atoms with Crippen molar-refractivity contribution < 1.29 is 0 Å². The van der Waals surface area contributed by atoms with E-state index in [0.717, 1.165) is 61.7 Å². The topological polar surface area (TPSA) is 75.2 Å². The zero-order valence-electron chi connectivity index (χ0n) is 18.7. The van der Waals surface area contributed by atoms with Gasteiger partial charge < -0.3 is 14.5 Å². The number of nitrogens with one attached hydrogen (secondary N) is 2. The van der Waals surface area contributed by atoms with Crippen LogP contribution in [0.1, 0.15) is 22.8 Å². The van der Waals surface area contributed by atoms with E-state index in [1.165, 1.54) is 0 Å². The highest BCUT2D eigenvalue weighted by Crippen LogP contribution is 2.28. The third kappa shape index (κ3) is 3.77. The van der Waals surface area contributed by atoms with Crippen molar-refractivity contribution in [1.82, 2.24) is 29.5 Å². The summed E-state index contributed by atoms with van der Waals surface area (Å²) in [7, 11) is 0. The third-order valence-electron chi connectivity index (χ3n) is 6.15. The molecule has 0 spiro atoms. The minimum Gasteiger partial charge on any atom is -0.355 e. The minimum atomic E-state index is 0.903. The van der Waals surface area contributed by atoms with Gasteiger partial charge in [0.2, 0.25) is 0 Å². The van der Waals surface area contributed by atoms with E-state index in [1.54, 1.807) is 12.5 Å². The van der Waals surface area contributed by atoms with Gasteiger partial charge in [0, 0.05) is 45.7 Å². The predicted molar refractivity (Wildman–Crippen MR) is 141 cm³/mol. The smallest absolute Gasteiger partial charge is 0.0991 e. The van der Waals surface area contributed by atoms with Crippen molar-refractivity contribution in [2.45, 2.75) is 0 Å². The number of imidazole rings is 1. The highest BCUT2D eigenvalue weighted by Gasteiger charge is 2.08. The van der Waals surface area contributed by atoms with Gasteiger partial charge in [0.25, 0.3) is 0 Å². The quantitative estimate of drug-likeness (QED) is 0.314. The molecule has 0 aliphatic carbocycles. The predicted octanol–water partition coefficient (Wildman–Crippen LogP) is 6.51. The second-order valence-corrected chi connectivity index (χ2v) is 8.60. The third-order valence-corrected chi connectivity index (χ3v) is 6.15. The Hall–Kier alpha value is -4.97. The van der Waals surface area contributed by atoms with E-state index in [9.17, 15) is 0 Å². The maximum atomic E-state index is 4.81. The Morgan fingerprint density at radius 3 is 1.86 bits per heavy atom. The lowest BCUT2D eigenvalue weighted by Gasteiger charge is -2.04. The highest BCUT2D eigenvalue weighted by atomic mass is 15.0. The minimum absolute atomic E-state index is 0.903. The number of benzene rings is 1. The summed E-state index contributed by atoms with van der Waals surface area (Å²) < 4.78 is 1.99. The van der Waals surface area contributed by atoms with Crippen LogP contribution in [0.3, 0.4) is 0 Å². The molecule has 4 aromatic heterocycles. The van der Waals surface area contributed by atoms with Crippen molar-refractivity contribution in [3.63, 3.8) is 0 Å². The zero-order chi connectivity index (χ0) is 23.2. The van der Waals surface area contributed by atoms with Crippen LogP contribution >= 0.6 is 0 Å². The Balaban J connectivity index is 1.45. The summed E-state index contributed by atoms with van der Waals surface area (Å²) in [4.78, 5) is 20.7. The molecular formula is C29H20N6. The molecule has 0 atom stereocenters. The summed E-state index contributed by atoms with van der Waals surface area (Å²) in [5, 5.41) is 0. The van der Waals surface area contributed by atoms with E-state index in [-0.39, 0.29) is 0 Å². The van der Waals surface area contributed by atoms with Gasteiger partial charge in [-0.3, -0.25) is 0 Å². The second-order valence-electron chi connectivity index (χ2n) is 8.60. The van der Waals surface area contributed by atoms with E-state index >= 15 is 0 Å². The Bertz CT molecular complexity index is 1780. The fourth-order valence-electron chi connectivity index (χ4n) is 4.48. The molecule has 2 N–H and O–H groups in total. The van der Waals surface area contributed by atoms with Gasteiger partial charge in [-0.15, -0.1) is 0 Å². The Morgan fingerprint density at radius 1 is 0.600 bits per heavy atom. The van der Waals surface area contributed by atoms with E-state index < -0.39 is 0 Å². The molecule has 166 valence electrons. The van der Waals surface area contributed by atoms with Gasteiger partial charge in [-0.2, -0.15) is 0 Å². The van der Waals surface area contributed by atoms with Gasteiger partial charge >= 0.3 is 0 Å². The molecule has 0 saturated carbocycles. The van der Waals surface area contributed by atoms with Gasteiger partial charge in [-0.25, -0.2) is 15.0 Å². The molecule has 5 aromatic rings. The number of nitrogens with zero attached hydrogens (tertiary/aromatic N) is 4. The van der Waals surface area contributed by atoms with Crippen LogP contribution in [-0.2, 0) is 0 Å². The van der Waals surface area contributed by atoms with Gasteiger partial charge in [0.15, 0.2) is 0 Å². The largest absolute Gasteiger partial charge is 0.355 e. The zero-order valence-corrected chi connectivity index (χ0v) is 18.7. The summed E-state index contributed by atoms with van der Waals surface area (Å²) in [6.45, 7) is 0. The summed E-state index contributed by atoms with van der Waals surface area (Å²) >= 11 is 0. The van der Waals surface area contributed by atoms with E-state index in [0.29, 0.717) is 0 Å². The van der Waals surface area contributed by atoms with Crippen molar-refractivity contribution in [2.75, 3.05) is 0 Å². The molecular weight excluding hydrogens is 432 g/mol. The Morgan fingerprint density at radius 2 is 1.23 bits per heavy atom. The fourth-order valence-corrected chi connectivity index (χ4v) is 4.48. The SMILES string of the molecule is C1=Cc2cc3cc(-c4ccc(-n5ccnc5)cc4)c(cc4nc(cc5ccc(cc1n2)[nH]5)C=C4)[nH]3. The van der Waals surface area contributed by atoms with Crippen molar-refractivity contribution in [1.29, 1.82) is 0 Å². The fraction of sp³-hybridized carbons (Fsp3) is 0. The van der Waals surface area contributed by atoms with E-state index in [1.807, 2.05) is 47.2 Å². The monoisotopic (exact) mass is 452 g/mol. The van der Waals surface area contributed by atoms with Crippen molar-refractivity contribution in [3.05, 3.63) is 108 Å². The average Bonchev–Trinajstić information content (AvgIpc) is 3.68. The number of fused-ring (bicyclic) bond motifs is 8. The lowest BCUT2D eigenvalue weighted by Crippen LogP contribution is -1.89. The van der Waals surface area contributed by atoms with Crippen molar-refractivity contribution in [2.24, 2.45) is 0 Å². The number of rotatable bonds is 2. The standard InChI is InChI=1S/C29H20N6/c1-9-27(35-12-11-30-18-35)10-2-19(1)28-16-26-15-24-6-5-22(32-24)13-20-3-4-21(31-20)14-23-7-8-25(33-23)17-29(28)34-26/h1-18,31,34H. The van der Waals surface area contributed by atoms with Crippen LogP contribution in [-0.4, -0.2) is 29.5 Å². The normalized spacial score (nSPS) is 12.3. The first-order valence-electron chi connectivity index (χ1n) is 11.4. The first kappa shape index (κ1) is 19.5. The molecule has 1 aromatic carbocycles. The van der Waals surface area contributed by atoms with Crippen molar-refractivity contribution >= 4 is 46.4 Å². The lowest BCUT2D eigenvalue weighted by molar-refractivity contribution is 1.06. The molecule has 8 bridgehead atoms. The summed E-state index contributed by atoms with van der Waals surface area (Å²) in [5.74, 6) is 0. The van der Waals surface area contributed by atoms with Crippen LogP contribution < -0.4 is 0 Å². The number of H-pyrrole nitrogens is 2. The first-order chi connectivity index (χ1) is 17.2. The number of aromatic nitrogens is 6. The molecule has 0 unspecified atom stereocenters. The van der Waals surface area contributed by atoms with Crippen LogP contribution in [0.5, 0.6) is 0 Å². The molecule has 6 nitrogen and oxygen atoms in total. The molecule has 0 fully saturated rings. The summed E-state index contributed by atoms with van der Waals surface area (Å²) in [6, 6.07) is 23.0. The average molecular weight is 453 g/mol. The number of hydrogen-bond donors (Lipinski definition) is 2.